The predicted octanol–water partition coefficient (Wildman–Crippen LogP) is 4.43. The third-order valence-corrected chi connectivity index (χ3v) is 4.46. The Morgan fingerprint density at radius 2 is 1.96 bits per heavy atom. The van der Waals surface area contributed by atoms with Crippen molar-refractivity contribution in [2.24, 2.45) is 0 Å². The summed E-state index contributed by atoms with van der Waals surface area (Å²) in [5, 5.41) is 9.56. The van der Waals surface area contributed by atoms with Crippen molar-refractivity contribution in [1.82, 2.24) is 9.55 Å². The molecule has 3 aromatic rings. The van der Waals surface area contributed by atoms with Gasteiger partial charge in [-0.05, 0) is 49.6 Å². The van der Waals surface area contributed by atoms with Crippen molar-refractivity contribution in [3.8, 4) is 11.5 Å². The lowest BCUT2D eigenvalue weighted by Gasteiger charge is -2.12. The minimum Gasteiger partial charge on any atom is -0.493 e. The molecule has 5 heteroatoms. The highest BCUT2D eigenvalue weighted by Gasteiger charge is 2.09. The van der Waals surface area contributed by atoms with Gasteiger partial charge in [-0.2, -0.15) is 0 Å². The molecule has 27 heavy (non-hydrogen) atoms. The van der Waals surface area contributed by atoms with Gasteiger partial charge >= 0.3 is 0 Å². The summed E-state index contributed by atoms with van der Waals surface area (Å²) in [6.07, 6.45) is 5.86. The minimum atomic E-state index is -0.0546. The third kappa shape index (κ3) is 4.49. The molecule has 0 aliphatic rings. The quantitative estimate of drug-likeness (QED) is 0.569. The molecule has 2 aromatic carbocycles. The van der Waals surface area contributed by atoms with Crippen molar-refractivity contribution in [1.29, 1.82) is 0 Å². The fourth-order valence-electron chi connectivity index (χ4n) is 3.15. The van der Waals surface area contributed by atoms with Crippen molar-refractivity contribution in [3.05, 3.63) is 59.9 Å². The van der Waals surface area contributed by atoms with Gasteiger partial charge in [0, 0.05) is 6.54 Å². The average Bonchev–Trinajstić information content (AvgIpc) is 3.06. The van der Waals surface area contributed by atoms with Crippen LogP contribution in [-0.4, -0.2) is 28.4 Å². The van der Waals surface area contributed by atoms with Gasteiger partial charge in [-0.3, -0.25) is 0 Å². The van der Waals surface area contributed by atoms with Crippen LogP contribution in [0.25, 0.3) is 17.1 Å². The average molecular weight is 366 g/mol. The molecule has 0 saturated heterocycles. The van der Waals surface area contributed by atoms with Crippen molar-refractivity contribution >= 4 is 17.1 Å². The molecule has 0 unspecified atom stereocenters. The number of benzene rings is 2. The Morgan fingerprint density at radius 3 is 2.74 bits per heavy atom. The lowest BCUT2D eigenvalue weighted by molar-refractivity contribution is 0.262. The molecule has 0 atom stereocenters. The molecular weight excluding hydrogens is 340 g/mol. The molecule has 0 radical (unpaired) electrons. The van der Waals surface area contributed by atoms with Crippen LogP contribution in [0.1, 0.15) is 31.2 Å². The number of methoxy groups -OCH3 is 1. The van der Waals surface area contributed by atoms with E-state index in [1.807, 2.05) is 61.5 Å². The van der Waals surface area contributed by atoms with E-state index in [9.17, 15) is 5.11 Å². The van der Waals surface area contributed by atoms with Gasteiger partial charge in [0.25, 0.3) is 0 Å². The molecule has 0 saturated carbocycles. The highest BCUT2D eigenvalue weighted by Crippen LogP contribution is 2.28. The van der Waals surface area contributed by atoms with E-state index in [2.05, 4.69) is 9.55 Å². The van der Waals surface area contributed by atoms with Crippen LogP contribution in [0.3, 0.4) is 0 Å². The van der Waals surface area contributed by atoms with E-state index in [1.165, 1.54) is 0 Å². The zero-order valence-electron chi connectivity index (χ0n) is 15.9. The number of ether oxygens (including phenoxy) is 2. The molecule has 1 N–H and O–H groups in total. The maximum absolute atomic E-state index is 9.56. The van der Waals surface area contributed by atoms with Crippen molar-refractivity contribution in [3.63, 3.8) is 0 Å². The van der Waals surface area contributed by atoms with Crippen LogP contribution in [0.2, 0.25) is 0 Å². The van der Waals surface area contributed by atoms with Crippen LogP contribution in [0.4, 0.5) is 0 Å². The predicted molar refractivity (Wildman–Crippen MR) is 108 cm³/mol. The number of para-hydroxylation sites is 2. The van der Waals surface area contributed by atoms with E-state index < -0.39 is 0 Å². The van der Waals surface area contributed by atoms with Gasteiger partial charge in [-0.25, -0.2) is 4.98 Å². The lowest BCUT2D eigenvalue weighted by Crippen LogP contribution is -2.06. The first-order valence-corrected chi connectivity index (χ1v) is 9.25. The van der Waals surface area contributed by atoms with Crippen LogP contribution in [0, 0.1) is 0 Å². The highest BCUT2D eigenvalue weighted by molar-refractivity contribution is 5.75. The number of fused-ring (bicyclic) bond motifs is 1. The fourth-order valence-corrected chi connectivity index (χ4v) is 3.15. The van der Waals surface area contributed by atoms with Gasteiger partial charge < -0.3 is 19.1 Å². The second-order valence-corrected chi connectivity index (χ2v) is 6.29. The van der Waals surface area contributed by atoms with E-state index in [1.54, 1.807) is 7.11 Å². The summed E-state index contributed by atoms with van der Waals surface area (Å²) < 4.78 is 13.4. The fraction of sp³-hybridized carbons (Fsp3) is 0.318. The molecule has 1 aromatic heterocycles. The summed E-state index contributed by atoms with van der Waals surface area (Å²) in [4.78, 5) is 4.48. The summed E-state index contributed by atoms with van der Waals surface area (Å²) in [6, 6.07) is 13.9. The Kier molecular flexibility index (Phi) is 6.49. The first kappa shape index (κ1) is 19.0. The van der Waals surface area contributed by atoms with Crippen LogP contribution in [0.5, 0.6) is 11.5 Å². The standard InChI is InChI=1S/C22H26N2O3/c1-3-8-17-11-12-20(21(15-17)26-2)27-14-7-6-13-24-19-10-5-4-9-18(19)23-22(24)16-25/h3-5,8-12,15,25H,6-7,13-14,16H2,1-2H3/b8-3+. The molecule has 0 spiro atoms. The Bertz CT molecular complexity index is 915. The number of nitrogens with zero attached hydrogens (tertiary/aromatic N) is 2. The smallest absolute Gasteiger partial charge is 0.161 e. The molecule has 5 nitrogen and oxygen atoms in total. The third-order valence-electron chi connectivity index (χ3n) is 4.46. The van der Waals surface area contributed by atoms with Crippen LogP contribution < -0.4 is 9.47 Å². The summed E-state index contributed by atoms with van der Waals surface area (Å²) in [7, 11) is 1.65. The van der Waals surface area contributed by atoms with Crippen LogP contribution in [0.15, 0.2) is 48.5 Å². The number of aryl methyl sites for hydroxylation is 1. The molecule has 142 valence electrons. The normalized spacial score (nSPS) is 11.4. The van der Waals surface area contributed by atoms with Gasteiger partial charge in [0.1, 0.15) is 12.4 Å². The van der Waals surface area contributed by atoms with Gasteiger partial charge in [0.05, 0.1) is 24.8 Å². The number of imidazole rings is 1. The monoisotopic (exact) mass is 366 g/mol. The zero-order chi connectivity index (χ0) is 19.1. The van der Waals surface area contributed by atoms with Crippen LogP contribution >= 0.6 is 0 Å². The van der Waals surface area contributed by atoms with Gasteiger partial charge in [0.15, 0.2) is 11.5 Å². The topological polar surface area (TPSA) is 56.5 Å². The number of aliphatic hydroxyl groups excluding tert-OH is 1. The zero-order valence-corrected chi connectivity index (χ0v) is 15.9. The number of allylic oxidation sites excluding steroid dienone is 1. The van der Waals surface area contributed by atoms with Gasteiger partial charge in [0.2, 0.25) is 0 Å². The SMILES string of the molecule is C/C=C/c1ccc(OCCCCn2c(CO)nc3ccccc32)c(OC)c1. The Morgan fingerprint density at radius 1 is 1.11 bits per heavy atom. The number of unbranched alkanes of at least 4 members (excludes halogenated alkanes) is 1. The summed E-state index contributed by atoms with van der Waals surface area (Å²) in [5.74, 6) is 2.21. The summed E-state index contributed by atoms with van der Waals surface area (Å²) in [5.41, 5.74) is 3.07. The molecule has 0 aliphatic carbocycles. The van der Waals surface area contributed by atoms with E-state index in [-0.39, 0.29) is 6.61 Å². The molecule has 0 amide bonds. The van der Waals surface area contributed by atoms with Crippen molar-refractivity contribution in [2.45, 2.75) is 32.9 Å². The maximum Gasteiger partial charge on any atom is 0.161 e. The number of hydrogen-bond acceptors (Lipinski definition) is 4. The Labute approximate surface area is 159 Å². The lowest BCUT2D eigenvalue weighted by atomic mass is 10.2. The maximum atomic E-state index is 9.56. The van der Waals surface area contributed by atoms with E-state index in [0.717, 1.165) is 47.5 Å². The largest absolute Gasteiger partial charge is 0.493 e. The van der Waals surface area contributed by atoms with Gasteiger partial charge in [-0.15, -0.1) is 0 Å². The molecule has 0 fully saturated rings. The van der Waals surface area contributed by atoms with E-state index >= 15 is 0 Å². The molecule has 0 aliphatic heterocycles. The van der Waals surface area contributed by atoms with Crippen LogP contribution in [-0.2, 0) is 13.2 Å². The summed E-state index contributed by atoms with van der Waals surface area (Å²) >= 11 is 0. The number of aromatic nitrogens is 2. The summed E-state index contributed by atoms with van der Waals surface area (Å²) in [6.45, 7) is 3.35. The second kappa shape index (κ2) is 9.24. The van der Waals surface area contributed by atoms with Crippen molar-refractivity contribution in [2.75, 3.05) is 13.7 Å². The minimum absolute atomic E-state index is 0.0546. The van der Waals surface area contributed by atoms with Crippen molar-refractivity contribution < 1.29 is 14.6 Å². The molecular formula is C22H26N2O3. The highest BCUT2D eigenvalue weighted by atomic mass is 16.5. The molecule has 1 heterocycles. The number of hydrogen-bond donors (Lipinski definition) is 1. The van der Waals surface area contributed by atoms with E-state index in [4.69, 9.17) is 9.47 Å². The first-order chi connectivity index (χ1) is 13.3. The Hall–Kier alpha value is -2.79. The second-order valence-electron chi connectivity index (χ2n) is 6.29. The van der Waals surface area contributed by atoms with E-state index in [0.29, 0.717) is 12.4 Å². The number of aliphatic hydroxyl groups is 1. The molecule has 3 rings (SSSR count). The molecule has 0 bridgehead atoms. The van der Waals surface area contributed by atoms with Gasteiger partial charge in [-0.1, -0.05) is 30.4 Å². The Balaban J connectivity index is 1.56. The first-order valence-electron chi connectivity index (χ1n) is 9.25. The number of rotatable bonds is 9.